The average Bonchev–Trinajstić information content (AvgIpc) is 2.28. The van der Waals surface area contributed by atoms with Gasteiger partial charge in [-0.3, -0.25) is 9.36 Å². The fraction of sp³-hybridized carbons (Fsp3) is 0.417. The first-order valence-electron chi connectivity index (χ1n) is 5.74. The molecule has 2 atom stereocenters. The van der Waals surface area contributed by atoms with Crippen LogP contribution in [0.5, 0.6) is 0 Å². The van der Waals surface area contributed by atoms with Gasteiger partial charge in [0, 0.05) is 0 Å². The summed E-state index contributed by atoms with van der Waals surface area (Å²) in [6.07, 6.45) is 1.01. The lowest BCUT2D eigenvalue weighted by atomic mass is 10.1. The van der Waals surface area contributed by atoms with Crippen LogP contribution in [0.2, 0.25) is 0 Å². The molecule has 0 radical (unpaired) electrons. The van der Waals surface area contributed by atoms with Crippen molar-refractivity contribution in [3.63, 3.8) is 0 Å². The van der Waals surface area contributed by atoms with Gasteiger partial charge in [0.05, 0.1) is 5.78 Å². The summed E-state index contributed by atoms with van der Waals surface area (Å²) in [5, 5.41) is 8.51. The predicted octanol–water partition coefficient (Wildman–Crippen LogP) is 1.65. The zero-order valence-electron chi connectivity index (χ0n) is 10.0. The maximum absolute atomic E-state index is 11.6. The summed E-state index contributed by atoms with van der Waals surface area (Å²) in [5.74, 6) is -2.25. The van der Waals surface area contributed by atoms with E-state index in [1.165, 1.54) is 0 Å². The first-order valence-corrected chi connectivity index (χ1v) is 7.66. The topological polar surface area (TPSA) is 101 Å². The third kappa shape index (κ3) is 5.00. The highest BCUT2D eigenvalue weighted by Crippen LogP contribution is 2.45. The van der Waals surface area contributed by atoms with E-state index in [-0.39, 0.29) is 0 Å². The lowest BCUT2D eigenvalue weighted by Crippen LogP contribution is -2.24. The number of aryl methyl sites for hydroxylation is 1. The summed E-state index contributed by atoms with van der Waals surface area (Å²) in [6.45, 7) is 0. The minimum atomic E-state index is -3.78. The standard InChI is InChI=1S/C12H18NO4P/c13-11(18(16,17)9-12(14)15)8-4-7-10-5-2-1-3-6-10/h1-3,5-6,11H,4,7-9,13H2,(H,14,15)(H,16,17). The van der Waals surface area contributed by atoms with Crippen molar-refractivity contribution in [1.29, 1.82) is 0 Å². The molecule has 0 aliphatic carbocycles. The Bertz CT molecular complexity index is 435. The largest absolute Gasteiger partial charge is 0.481 e. The fourth-order valence-electron chi connectivity index (χ4n) is 1.67. The van der Waals surface area contributed by atoms with Gasteiger partial charge >= 0.3 is 5.97 Å². The number of carbonyl (C=O) groups is 1. The molecule has 0 saturated carbocycles. The molecule has 0 aliphatic rings. The zero-order chi connectivity index (χ0) is 13.6. The molecular weight excluding hydrogens is 253 g/mol. The van der Waals surface area contributed by atoms with E-state index >= 15 is 0 Å². The van der Waals surface area contributed by atoms with Crippen molar-refractivity contribution >= 4 is 13.3 Å². The third-order valence-corrected chi connectivity index (χ3v) is 4.71. The fourth-order valence-corrected chi connectivity index (χ4v) is 2.88. The summed E-state index contributed by atoms with van der Waals surface area (Å²) in [4.78, 5) is 19.9. The maximum Gasteiger partial charge on any atom is 0.313 e. The molecule has 100 valence electrons. The first-order chi connectivity index (χ1) is 8.42. The van der Waals surface area contributed by atoms with Crippen LogP contribution in [0.1, 0.15) is 18.4 Å². The van der Waals surface area contributed by atoms with Crippen LogP contribution >= 0.6 is 7.37 Å². The van der Waals surface area contributed by atoms with Gasteiger partial charge in [-0.05, 0) is 24.8 Å². The molecule has 0 amide bonds. The SMILES string of the molecule is NC(CCCc1ccccc1)P(=O)(O)CC(=O)O. The first kappa shape index (κ1) is 14.9. The summed E-state index contributed by atoms with van der Waals surface area (Å²) in [7, 11) is -3.78. The van der Waals surface area contributed by atoms with Crippen molar-refractivity contribution in [1.82, 2.24) is 0 Å². The Hall–Kier alpha value is -1.16. The van der Waals surface area contributed by atoms with Gasteiger partial charge < -0.3 is 15.7 Å². The summed E-state index contributed by atoms with van der Waals surface area (Å²) in [6, 6.07) is 9.72. The summed E-state index contributed by atoms with van der Waals surface area (Å²) < 4.78 is 11.6. The highest BCUT2D eigenvalue weighted by molar-refractivity contribution is 7.59. The lowest BCUT2D eigenvalue weighted by molar-refractivity contribution is -0.134. The van der Waals surface area contributed by atoms with Crippen LogP contribution in [0.3, 0.4) is 0 Å². The van der Waals surface area contributed by atoms with Crippen molar-refractivity contribution in [3.8, 4) is 0 Å². The van der Waals surface area contributed by atoms with E-state index in [1.54, 1.807) is 0 Å². The number of hydrogen-bond acceptors (Lipinski definition) is 3. The van der Waals surface area contributed by atoms with Crippen molar-refractivity contribution in [2.75, 3.05) is 6.16 Å². The normalized spacial score (nSPS) is 15.9. The van der Waals surface area contributed by atoms with Gasteiger partial charge in [-0.2, -0.15) is 0 Å². The summed E-state index contributed by atoms with van der Waals surface area (Å²) >= 11 is 0. The number of hydrogen-bond donors (Lipinski definition) is 3. The minimum absolute atomic E-state index is 0.343. The van der Waals surface area contributed by atoms with E-state index in [2.05, 4.69) is 0 Å². The van der Waals surface area contributed by atoms with Gasteiger partial charge in [0.15, 0.2) is 0 Å². The molecule has 0 fully saturated rings. The Morgan fingerprint density at radius 1 is 1.33 bits per heavy atom. The predicted molar refractivity (Wildman–Crippen MR) is 69.7 cm³/mol. The Kier molecular flexibility index (Phi) is 5.54. The Balaban J connectivity index is 2.39. The number of carboxylic acid groups (broad SMARTS) is 1. The Morgan fingerprint density at radius 3 is 2.50 bits per heavy atom. The van der Waals surface area contributed by atoms with Gasteiger partial charge in [0.2, 0.25) is 7.37 Å². The third-order valence-electron chi connectivity index (χ3n) is 2.69. The highest BCUT2D eigenvalue weighted by Gasteiger charge is 2.29. The molecular formula is C12H18NO4P. The molecule has 4 N–H and O–H groups in total. The number of benzene rings is 1. The molecule has 1 aromatic rings. The Morgan fingerprint density at radius 2 is 1.94 bits per heavy atom. The van der Waals surface area contributed by atoms with Crippen LogP contribution < -0.4 is 5.73 Å². The highest BCUT2D eigenvalue weighted by atomic mass is 31.2. The molecule has 6 heteroatoms. The van der Waals surface area contributed by atoms with E-state index in [4.69, 9.17) is 10.8 Å². The molecule has 0 spiro atoms. The molecule has 1 rings (SSSR count). The number of aliphatic carboxylic acids is 1. The molecule has 0 aromatic heterocycles. The summed E-state index contributed by atoms with van der Waals surface area (Å²) in [5.41, 5.74) is 6.72. The number of rotatable bonds is 7. The van der Waals surface area contributed by atoms with Crippen LogP contribution in [-0.4, -0.2) is 27.9 Å². The molecule has 5 nitrogen and oxygen atoms in total. The number of carboxylic acids is 1. The second-order valence-corrected chi connectivity index (χ2v) is 6.74. The molecule has 0 saturated heterocycles. The molecule has 2 unspecified atom stereocenters. The second kappa shape index (κ2) is 6.69. The van der Waals surface area contributed by atoms with Crippen LogP contribution in [0, 0.1) is 0 Å². The lowest BCUT2D eigenvalue weighted by Gasteiger charge is -2.17. The van der Waals surface area contributed by atoms with Crippen LogP contribution in [0.15, 0.2) is 30.3 Å². The van der Waals surface area contributed by atoms with Gasteiger partial charge in [0.1, 0.15) is 6.16 Å². The van der Waals surface area contributed by atoms with Crippen LogP contribution in [-0.2, 0) is 15.8 Å². The van der Waals surface area contributed by atoms with Gasteiger partial charge in [0.25, 0.3) is 0 Å². The van der Waals surface area contributed by atoms with E-state index in [1.807, 2.05) is 30.3 Å². The van der Waals surface area contributed by atoms with Gasteiger partial charge in [-0.25, -0.2) is 0 Å². The maximum atomic E-state index is 11.6. The second-order valence-electron chi connectivity index (χ2n) is 4.25. The van der Waals surface area contributed by atoms with Crippen molar-refractivity contribution in [2.24, 2.45) is 5.73 Å². The van der Waals surface area contributed by atoms with Gasteiger partial charge in [-0.1, -0.05) is 30.3 Å². The van der Waals surface area contributed by atoms with Crippen LogP contribution in [0.4, 0.5) is 0 Å². The van der Waals surface area contributed by atoms with E-state index in [0.717, 1.165) is 12.0 Å². The molecule has 18 heavy (non-hydrogen) atoms. The van der Waals surface area contributed by atoms with Crippen molar-refractivity contribution in [3.05, 3.63) is 35.9 Å². The molecule has 0 bridgehead atoms. The van der Waals surface area contributed by atoms with E-state index < -0.39 is 25.3 Å². The zero-order valence-corrected chi connectivity index (χ0v) is 10.9. The van der Waals surface area contributed by atoms with E-state index in [9.17, 15) is 14.3 Å². The van der Waals surface area contributed by atoms with Crippen molar-refractivity contribution < 1.29 is 19.4 Å². The number of nitrogens with two attached hydrogens (primary N) is 1. The van der Waals surface area contributed by atoms with Crippen LogP contribution in [0.25, 0.3) is 0 Å². The molecule has 0 aliphatic heterocycles. The Labute approximate surface area is 106 Å². The smallest absolute Gasteiger partial charge is 0.313 e. The average molecular weight is 271 g/mol. The van der Waals surface area contributed by atoms with Crippen molar-refractivity contribution in [2.45, 2.75) is 25.0 Å². The molecule has 0 heterocycles. The monoisotopic (exact) mass is 271 g/mol. The quantitative estimate of drug-likeness (QED) is 0.654. The minimum Gasteiger partial charge on any atom is -0.481 e. The molecule has 1 aromatic carbocycles. The van der Waals surface area contributed by atoms with Gasteiger partial charge in [-0.15, -0.1) is 0 Å². The van der Waals surface area contributed by atoms with E-state index in [0.29, 0.717) is 12.8 Å².